The van der Waals surface area contributed by atoms with E-state index >= 15 is 0 Å². The molecule has 0 aromatic carbocycles. The molecule has 0 heterocycles. The molecule has 0 spiro atoms. The Morgan fingerprint density at radius 1 is 0.545 bits per heavy atom. The maximum Gasteiger partial charge on any atom is 0.0602 e. The highest BCUT2D eigenvalue weighted by molar-refractivity contribution is 5.06. The minimum Gasteiger partial charge on any atom is -0.382 e. The van der Waals surface area contributed by atoms with Gasteiger partial charge in [-0.1, -0.05) is 107 Å². The van der Waals surface area contributed by atoms with Crippen LogP contribution in [0.5, 0.6) is 0 Å². The third-order valence-corrected chi connectivity index (χ3v) is 12.9. The maximum atomic E-state index is 5.50. The molecule has 6 aliphatic rings. The van der Waals surface area contributed by atoms with Crippen molar-refractivity contribution in [1.29, 1.82) is 0 Å². The standard InChI is InChI=1S/2C11H20O.2C9H20O/c2*1-7-9-5-8(11(9,2)3)6-10(7)12-4;2*1-4-5-6-7-8-9(2)10-3/h2*7-10H,5-6H2,1-4H3;2*9H,4-8H2,1-3H3/t2*7-,8+,9-,10-;2*9-/m1010/s1. The predicted molar refractivity (Wildman–Crippen MR) is 190 cm³/mol. The summed E-state index contributed by atoms with van der Waals surface area (Å²) in [6, 6.07) is 0. The van der Waals surface area contributed by atoms with E-state index in [1.165, 1.54) is 89.9 Å². The highest BCUT2D eigenvalue weighted by Gasteiger charge is 2.57. The summed E-state index contributed by atoms with van der Waals surface area (Å²) in [5, 5.41) is 0. The molecule has 10 atom stereocenters. The van der Waals surface area contributed by atoms with Crippen LogP contribution in [0.1, 0.15) is 159 Å². The summed E-state index contributed by atoms with van der Waals surface area (Å²) in [5.74, 6) is 5.25. The molecular formula is C40H80O4. The lowest BCUT2D eigenvalue weighted by molar-refractivity contribution is -0.163. The highest BCUT2D eigenvalue weighted by Crippen LogP contribution is 2.62. The van der Waals surface area contributed by atoms with E-state index in [2.05, 4.69) is 69.2 Å². The Bertz CT molecular complexity index is 660. The smallest absolute Gasteiger partial charge is 0.0602 e. The second-order valence-electron chi connectivity index (χ2n) is 16.3. The zero-order valence-electron chi connectivity index (χ0n) is 32.3. The van der Waals surface area contributed by atoms with Gasteiger partial charge in [0.15, 0.2) is 0 Å². The number of methoxy groups -OCH3 is 4. The number of hydrogen-bond acceptors (Lipinski definition) is 4. The zero-order valence-corrected chi connectivity index (χ0v) is 32.3. The largest absolute Gasteiger partial charge is 0.382 e. The third kappa shape index (κ3) is 12.1. The number of hydrogen-bond donors (Lipinski definition) is 0. The van der Waals surface area contributed by atoms with Crippen LogP contribution in [0.2, 0.25) is 0 Å². The summed E-state index contributed by atoms with van der Waals surface area (Å²) in [6.07, 6.45) is 20.7. The predicted octanol–water partition coefficient (Wildman–Crippen LogP) is 11.4. The van der Waals surface area contributed by atoms with Crippen LogP contribution < -0.4 is 0 Å². The minimum absolute atomic E-state index is 0.455. The highest BCUT2D eigenvalue weighted by atomic mass is 16.5. The fraction of sp³-hybridized carbons (Fsp3) is 1.00. The summed E-state index contributed by atoms with van der Waals surface area (Å²) in [5.41, 5.74) is 1.21. The van der Waals surface area contributed by atoms with Crippen molar-refractivity contribution in [2.45, 2.75) is 184 Å². The van der Waals surface area contributed by atoms with Gasteiger partial charge in [-0.15, -0.1) is 0 Å². The van der Waals surface area contributed by atoms with Crippen LogP contribution in [-0.4, -0.2) is 52.9 Å². The van der Waals surface area contributed by atoms with Gasteiger partial charge in [0.05, 0.1) is 24.4 Å². The van der Waals surface area contributed by atoms with Crippen molar-refractivity contribution in [3.05, 3.63) is 0 Å². The van der Waals surface area contributed by atoms with Crippen LogP contribution in [0.4, 0.5) is 0 Å². The molecule has 6 saturated carbocycles. The van der Waals surface area contributed by atoms with Crippen LogP contribution in [-0.2, 0) is 18.9 Å². The minimum atomic E-state index is 0.455. The fourth-order valence-corrected chi connectivity index (χ4v) is 8.78. The zero-order chi connectivity index (χ0) is 33.5. The molecule has 0 aromatic heterocycles. The average Bonchev–Trinajstić information content (AvgIpc) is 3.01. The first kappa shape index (κ1) is 41.9. The van der Waals surface area contributed by atoms with Crippen molar-refractivity contribution in [2.75, 3.05) is 28.4 Å². The van der Waals surface area contributed by atoms with Crippen LogP contribution in [0.15, 0.2) is 0 Å². The van der Waals surface area contributed by atoms with Crippen molar-refractivity contribution in [1.82, 2.24) is 0 Å². The summed E-state index contributed by atoms with van der Waals surface area (Å²) < 4.78 is 21.3. The monoisotopic (exact) mass is 625 g/mol. The summed E-state index contributed by atoms with van der Waals surface area (Å²) in [4.78, 5) is 0. The Hall–Kier alpha value is -0.160. The van der Waals surface area contributed by atoms with E-state index < -0.39 is 0 Å². The first-order valence-corrected chi connectivity index (χ1v) is 18.9. The molecule has 0 unspecified atom stereocenters. The van der Waals surface area contributed by atoms with Gasteiger partial charge in [0.1, 0.15) is 0 Å². The van der Waals surface area contributed by atoms with Crippen molar-refractivity contribution in [3.8, 4) is 0 Å². The summed E-state index contributed by atoms with van der Waals surface area (Å²) >= 11 is 0. The van der Waals surface area contributed by atoms with Crippen molar-refractivity contribution in [2.24, 2.45) is 46.3 Å². The summed E-state index contributed by atoms with van der Waals surface area (Å²) in [7, 11) is 7.28. The van der Waals surface area contributed by atoms with E-state index in [1.54, 1.807) is 14.2 Å². The van der Waals surface area contributed by atoms with Gasteiger partial charge in [-0.25, -0.2) is 0 Å². The summed E-state index contributed by atoms with van der Waals surface area (Å²) in [6.45, 7) is 23.1. The second-order valence-corrected chi connectivity index (χ2v) is 16.3. The van der Waals surface area contributed by atoms with E-state index in [0.29, 0.717) is 35.2 Å². The Labute approximate surface area is 276 Å². The van der Waals surface area contributed by atoms with Crippen LogP contribution >= 0.6 is 0 Å². The van der Waals surface area contributed by atoms with Gasteiger partial charge >= 0.3 is 0 Å². The molecule has 0 radical (unpaired) electrons. The SMILES string of the molecule is CCCCCC[C@@H](C)OC.CCCCCC[C@H](C)OC.CO[C@@H]1C[C@@H]2C[C@H]([C@H]1C)C2(C)C.CO[C@H]1C[C@H]2C[C@@H]([C@@H]1C)C2(C)C. The van der Waals surface area contributed by atoms with Gasteiger partial charge in [-0.3, -0.25) is 0 Å². The lowest BCUT2D eigenvalue weighted by Crippen LogP contribution is -2.57. The van der Waals surface area contributed by atoms with E-state index in [0.717, 1.165) is 35.5 Å². The first-order valence-electron chi connectivity index (χ1n) is 18.9. The molecule has 6 aliphatic carbocycles. The number of unbranched alkanes of at least 4 members (excludes halogenated alkanes) is 6. The Morgan fingerprint density at radius 3 is 1.11 bits per heavy atom. The Kier molecular flexibility index (Phi) is 19.9. The number of fused-ring (bicyclic) bond motifs is 4. The van der Waals surface area contributed by atoms with Crippen molar-refractivity contribution >= 4 is 0 Å². The van der Waals surface area contributed by atoms with E-state index in [1.807, 2.05) is 14.2 Å². The molecule has 0 saturated heterocycles. The molecular weight excluding hydrogens is 544 g/mol. The lowest BCUT2D eigenvalue weighted by atomic mass is 9.45. The molecule has 0 N–H and O–H groups in total. The van der Waals surface area contributed by atoms with Crippen LogP contribution in [0.3, 0.4) is 0 Å². The topological polar surface area (TPSA) is 36.9 Å². The molecule has 0 aliphatic heterocycles. The first-order chi connectivity index (χ1) is 20.8. The maximum absolute atomic E-state index is 5.50. The molecule has 6 fully saturated rings. The van der Waals surface area contributed by atoms with Crippen LogP contribution in [0, 0.1) is 46.3 Å². The lowest BCUT2D eigenvalue weighted by Gasteiger charge is -2.61. The number of rotatable bonds is 14. The molecule has 264 valence electrons. The van der Waals surface area contributed by atoms with Crippen LogP contribution in [0.25, 0.3) is 0 Å². The molecule has 0 amide bonds. The van der Waals surface area contributed by atoms with E-state index in [-0.39, 0.29) is 0 Å². The van der Waals surface area contributed by atoms with Crippen molar-refractivity contribution in [3.63, 3.8) is 0 Å². The van der Waals surface area contributed by atoms with Gasteiger partial charge in [-0.2, -0.15) is 0 Å². The quantitative estimate of drug-likeness (QED) is 0.180. The van der Waals surface area contributed by atoms with Gasteiger partial charge < -0.3 is 18.9 Å². The third-order valence-electron chi connectivity index (χ3n) is 12.9. The Balaban J connectivity index is 0.000000295. The molecule has 4 nitrogen and oxygen atoms in total. The molecule has 4 bridgehead atoms. The van der Waals surface area contributed by atoms with Gasteiger partial charge in [-0.05, 0) is 98.7 Å². The van der Waals surface area contributed by atoms with Gasteiger partial charge in [0.2, 0.25) is 0 Å². The molecule has 44 heavy (non-hydrogen) atoms. The molecule has 4 heteroatoms. The molecule has 6 rings (SSSR count). The fourth-order valence-electron chi connectivity index (χ4n) is 8.78. The van der Waals surface area contributed by atoms with E-state index in [4.69, 9.17) is 18.9 Å². The Morgan fingerprint density at radius 2 is 0.886 bits per heavy atom. The van der Waals surface area contributed by atoms with Gasteiger partial charge in [0, 0.05) is 28.4 Å². The molecule has 0 aromatic rings. The van der Waals surface area contributed by atoms with Gasteiger partial charge in [0.25, 0.3) is 0 Å². The average molecular weight is 625 g/mol. The second kappa shape index (κ2) is 20.9. The number of ether oxygens (including phenoxy) is 4. The van der Waals surface area contributed by atoms with Crippen molar-refractivity contribution < 1.29 is 18.9 Å². The normalized spacial score (nSPS) is 33.4. The van der Waals surface area contributed by atoms with E-state index in [9.17, 15) is 0 Å².